The summed E-state index contributed by atoms with van der Waals surface area (Å²) in [6.07, 6.45) is 11.9. The van der Waals surface area contributed by atoms with Crippen molar-refractivity contribution < 1.29 is 9.59 Å². The fourth-order valence-electron chi connectivity index (χ4n) is 2.88. The molecule has 5 heteroatoms. The summed E-state index contributed by atoms with van der Waals surface area (Å²) < 4.78 is 0. The Morgan fingerprint density at radius 2 is 1.41 bits per heavy atom. The first-order chi connectivity index (χ1) is 10.7. The topological polar surface area (TPSA) is 70.2 Å². The summed E-state index contributed by atoms with van der Waals surface area (Å²) in [5.74, 6) is 0.181. The van der Waals surface area contributed by atoms with Crippen LogP contribution >= 0.6 is 0 Å². The van der Waals surface area contributed by atoms with Gasteiger partial charge in [-0.3, -0.25) is 9.59 Å². The van der Waals surface area contributed by atoms with Gasteiger partial charge in [0.05, 0.1) is 6.54 Å². The highest BCUT2D eigenvalue weighted by Crippen LogP contribution is 2.17. The Labute approximate surface area is 135 Å². The standard InChI is InChI=1S/C17H33N3O2/c1-15(21)18-12-8-4-2-3-5-9-13-19-17(22)14-20-16-10-6-7-11-16/h16,20H,2-14H2,1H3,(H,18,21)(H,19,22). The van der Waals surface area contributed by atoms with Crippen molar-refractivity contribution >= 4 is 11.8 Å². The number of amides is 2. The molecule has 22 heavy (non-hydrogen) atoms. The van der Waals surface area contributed by atoms with Gasteiger partial charge in [0.1, 0.15) is 0 Å². The van der Waals surface area contributed by atoms with Crippen LogP contribution in [0.4, 0.5) is 0 Å². The highest BCUT2D eigenvalue weighted by Gasteiger charge is 2.14. The highest BCUT2D eigenvalue weighted by atomic mass is 16.2. The second kappa shape index (κ2) is 12.4. The van der Waals surface area contributed by atoms with Gasteiger partial charge in [0, 0.05) is 26.1 Å². The van der Waals surface area contributed by atoms with Gasteiger partial charge < -0.3 is 16.0 Å². The Kier molecular flexibility index (Phi) is 10.7. The lowest BCUT2D eigenvalue weighted by molar-refractivity contribution is -0.120. The van der Waals surface area contributed by atoms with Gasteiger partial charge in [-0.05, 0) is 25.7 Å². The van der Waals surface area contributed by atoms with Crippen LogP contribution in [0.15, 0.2) is 0 Å². The van der Waals surface area contributed by atoms with E-state index in [-0.39, 0.29) is 11.8 Å². The van der Waals surface area contributed by atoms with E-state index in [0.717, 1.165) is 38.8 Å². The summed E-state index contributed by atoms with van der Waals surface area (Å²) in [6.45, 7) is 3.60. The van der Waals surface area contributed by atoms with Crippen molar-refractivity contribution in [3.63, 3.8) is 0 Å². The van der Waals surface area contributed by atoms with E-state index in [1.807, 2.05) is 0 Å². The summed E-state index contributed by atoms with van der Waals surface area (Å²) in [5.41, 5.74) is 0. The normalized spacial score (nSPS) is 15.0. The zero-order valence-electron chi connectivity index (χ0n) is 14.1. The van der Waals surface area contributed by atoms with Crippen LogP contribution in [0, 0.1) is 0 Å². The minimum atomic E-state index is 0.0539. The van der Waals surface area contributed by atoms with Gasteiger partial charge in [-0.25, -0.2) is 0 Å². The molecule has 0 aromatic rings. The van der Waals surface area contributed by atoms with Gasteiger partial charge >= 0.3 is 0 Å². The number of carbonyl (C=O) groups is 2. The zero-order valence-corrected chi connectivity index (χ0v) is 14.1. The van der Waals surface area contributed by atoms with Crippen molar-refractivity contribution in [1.82, 2.24) is 16.0 Å². The SMILES string of the molecule is CC(=O)NCCCCCCCCNC(=O)CNC1CCCC1. The summed E-state index contributed by atoms with van der Waals surface area (Å²) in [7, 11) is 0. The van der Waals surface area contributed by atoms with Gasteiger partial charge in [-0.1, -0.05) is 38.5 Å². The lowest BCUT2D eigenvalue weighted by Crippen LogP contribution is -2.38. The Balaban J connectivity index is 1.78. The van der Waals surface area contributed by atoms with Gasteiger partial charge in [-0.15, -0.1) is 0 Å². The number of carbonyl (C=O) groups excluding carboxylic acids is 2. The van der Waals surface area contributed by atoms with E-state index >= 15 is 0 Å². The molecule has 0 saturated heterocycles. The highest BCUT2D eigenvalue weighted by molar-refractivity contribution is 5.77. The quantitative estimate of drug-likeness (QED) is 0.483. The van der Waals surface area contributed by atoms with Crippen LogP contribution in [0.1, 0.15) is 71.1 Å². The average Bonchev–Trinajstić information content (AvgIpc) is 3.00. The van der Waals surface area contributed by atoms with E-state index in [0.29, 0.717) is 12.6 Å². The number of hydrogen-bond donors (Lipinski definition) is 3. The predicted octanol–water partition coefficient (Wildman–Crippen LogP) is 2.11. The maximum absolute atomic E-state index is 11.7. The molecule has 2 amide bonds. The molecule has 0 aromatic heterocycles. The van der Waals surface area contributed by atoms with E-state index < -0.39 is 0 Å². The van der Waals surface area contributed by atoms with E-state index in [4.69, 9.17) is 0 Å². The van der Waals surface area contributed by atoms with Crippen LogP contribution in [0.3, 0.4) is 0 Å². The first kappa shape index (κ1) is 18.9. The Morgan fingerprint density at radius 1 is 0.864 bits per heavy atom. The maximum atomic E-state index is 11.7. The van der Waals surface area contributed by atoms with Crippen LogP contribution in [0.2, 0.25) is 0 Å². The summed E-state index contributed by atoms with van der Waals surface area (Å²) >= 11 is 0. The molecule has 0 spiro atoms. The molecule has 0 aromatic carbocycles. The molecular weight excluding hydrogens is 278 g/mol. The molecule has 1 fully saturated rings. The first-order valence-corrected chi connectivity index (χ1v) is 8.93. The maximum Gasteiger partial charge on any atom is 0.233 e. The van der Waals surface area contributed by atoms with Crippen LogP contribution in [0.5, 0.6) is 0 Å². The number of unbranched alkanes of at least 4 members (excludes halogenated alkanes) is 5. The van der Waals surface area contributed by atoms with Gasteiger partial charge in [-0.2, -0.15) is 0 Å². The minimum Gasteiger partial charge on any atom is -0.356 e. The molecular formula is C17H33N3O2. The third-order valence-electron chi connectivity index (χ3n) is 4.21. The van der Waals surface area contributed by atoms with Crippen LogP contribution in [0.25, 0.3) is 0 Å². The minimum absolute atomic E-state index is 0.0539. The third-order valence-corrected chi connectivity index (χ3v) is 4.21. The Bertz CT molecular complexity index is 315. The Hall–Kier alpha value is -1.10. The Morgan fingerprint density at radius 3 is 2.00 bits per heavy atom. The molecule has 1 rings (SSSR count). The number of nitrogens with one attached hydrogen (secondary N) is 3. The van der Waals surface area contributed by atoms with Crippen LogP contribution in [-0.2, 0) is 9.59 Å². The van der Waals surface area contributed by atoms with Crippen molar-refractivity contribution in [2.24, 2.45) is 0 Å². The molecule has 1 aliphatic carbocycles. The second-order valence-electron chi connectivity index (χ2n) is 6.32. The van der Waals surface area contributed by atoms with E-state index in [2.05, 4.69) is 16.0 Å². The number of rotatable bonds is 12. The summed E-state index contributed by atoms with van der Waals surface area (Å²) in [6, 6.07) is 0.559. The van der Waals surface area contributed by atoms with E-state index in [1.165, 1.54) is 38.5 Å². The van der Waals surface area contributed by atoms with Crippen molar-refractivity contribution in [3.05, 3.63) is 0 Å². The fourth-order valence-corrected chi connectivity index (χ4v) is 2.88. The van der Waals surface area contributed by atoms with Gasteiger partial charge in [0.2, 0.25) is 11.8 Å². The lowest BCUT2D eigenvalue weighted by Gasteiger charge is -2.11. The van der Waals surface area contributed by atoms with Gasteiger partial charge in [0.25, 0.3) is 0 Å². The molecule has 3 N–H and O–H groups in total. The monoisotopic (exact) mass is 311 g/mol. The smallest absolute Gasteiger partial charge is 0.233 e. The van der Waals surface area contributed by atoms with Crippen molar-refractivity contribution in [3.8, 4) is 0 Å². The molecule has 1 aliphatic rings. The lowest BCUT2D eigenvalue weighted by atomic mass is 10.1. The fraction of sp³-hybridized carbons (Fsp3) is 0.882. The number of hydrogen-bond acceptors (Lipinski definition) is 3. The van der Waals surface area contributed by atoms with E-state index in [1.54, 1.807) is 6.92 Å². The molecule has 1 saturated carbocycles. The molecule has 5 nitrogen and oxygen atoms in total. The van der Waals surface area contributed by atoms with Crippen molar-refractivity contribution in [2.75, 3.05) is 19.6 Å². The molecule has 128 valence electrons. The zero-order chi connectivity index (χ0) is 16.0. The van der Waals surface area contributed by atoms with Gasteiger partial charge in [0.15, 0.2) is 0 Å². The molecule has 0 heterocycles. The van der Waals surface area contributed by atoms with Crippen LogP contribution in [-0.4, -0.2) is 37.5 Å². The van der Waals surface area contributed by atoms with Crippen molar-refractivity contribution in [1.29, 1.82) is 0 Å². The molecule has 0 bridgehead atoms. The molecule has 0 unspecified atom stereocenters. The largest absolute Gasteiger partial charge is 0.356 e. The molecule has 0 aliphatic heterocycles. The van der Waals surface area contributed by atoms with Crippen LogP contribution < -0.4 is 16.0 Å². The van der Waals surface area contributed by atoms with Crippen molar-refractivity contribution in [2.45, 2.75) is 77.2 Å². The third kappa shape index (κ3) is 10.6. The average molecular weight is 311 g/mol. The predicted molar refractivity (Wildman–Crippen MR) is 89.7 cm³/mol. The second-order valence-corrected chi connectivity index (χ2v) is 6.32. The van der Waals surface area contributed by atoms with E-state index in [9.17, 15) is 9.59 Å². The molecule has 0 radical (unpaired) electrons. The first-order valence-electron chi connectivity index (χ1n) is 8.93. The summed E-state index contributed by atoms with van der Waals surface area (Å²) in [4.78, 5) is 22.3. The summed E-state index contributed by atoms with van der Waals surface area (Å²) in [5, 5.41) is 9.12. The molecule has 0 atom stereocenters.